The van der Waals surface area contributed by atoms with Gasteiger partial charge in [0.1, 0.15) is 0 Å². The molecule has 0 radical (unpaired) electrons. The zero-order chi connectivity index (χ0) is 14.8. The molecule has 2 aromatic heterocycles. The Morgan fingerprint density at radius 3 is 2.95 bits per heavy atom. The van der Waals surface area contributed by atoms with Crippen molar-refractivity contribution in [1.82, 2.24) is 24.8 Å². The van der Waals surface area contributed by atoms with Crippen LogP contribution in [-0.2, 0) is 19.3 Å². The normalized spacial score (nSPS) is 13.7. The zero-order valence-electron chi connectivity index (χ0n) is 12.9. The highest BCUT2D eigenvalue weighted by Gasteiger charge is 2.17. The molecular formula is C15H22N6. The van der Waals surface area contributed by atoms with Crippen LogP contribution in [0.25, 0.3) is 0 Å². The number of hydrogen-bond acceptors (Lipinski definition) is 5. The van der Waals surface area contributed by atoms with Gasteiger partial charge in [-0.05, 0) is 45.8 Å². The number of likely N-dealkylation sites (N-methyl/N-ethyl adjacent to an activating group) is 1. The highest BCUT2D eigenvalue weighted by molar-refractivity contribution is 5.46. The van der Waals surface area contributed by atoms with Crippen molar-refractivity contribution in [3.05, 3.63) is 28.8 Å². The summed E-state index contributed by atoms with van der Waals surface area (Å²) in [6, 6.07) is 0. The topological polar surface area (TPSA) is 69.7 Å². The smallest absolute Gasteiger partial charge is 0.230 e. The minimum atomic E-state index is 0.640. The molecule has 0 aliphatic heterocycles. The van der Waals surface area contributed by atoms with E-state index >= 15 is 0 Å². The van der Waals surface area contributed by atoms with Gasteiger partial charge < -0.3 is 9.88 Å². The number of fused-ring (bicyclic) bond motifs is 1. The molecule has 2 heterocycles. The third-order valence-corrected chi connectivity index (χ3v) is 3.83. The number of imidazole rings is 1. The van der Waals surface area contributed by atoms with Gasteiger partial charge in [0.15, 0.2) is 0 Å². The van der Waals surface area contributed by atoms with E-state index in [0.717, 1.165) is 37.2 Å². The molecule has 0 spiro atoms. The van der Waals surface area contributed by atoms with E-state index in [9.17, 15) is 0 Å². The third kappa shape index (κ3) is 3.21. The fourth-order valence-electron chi connectivity index (χ4n) is 2.68. The van der Waals surface area contributed by atoms with E-state index in [1.54, 1.807) is 0 Å². The van der Waals surface area contributed by atoms with Crippen molar-refractivity contribution in [3.63, 3.8) is 0 Å². The fourth-order valence-corrected chi connectivity index (χ4v) is 2.68. The van der Waals surface area contributed by atoms with Crippen LogP contribution < -0.4 is 5.32 Å². The summed E-state index contributed by atoms with van der Waals surface area (Å²) < 4.78 is 0. The predicted octanol–water partition coefficient (Wildman–Crippen LogP) is 1.84. The third-order valence-electron chi connectivity index (χ3n) is 3.83. The minimum absolute atomic E-state index is 0.640. The summed E-state index contributed by atoms with van der Waals surface area (Å²) in [5, 5.41) is 3.18. The summed E-state index contributed by atoms with van der Waals surface area (Å²) >= 11 is 0. The molecule has 2 aromatic rings. The molecule has 2 N–H and O–H groups in total. The van der Waals surface area contributed by atoms with Crippen molar-refractivity contribution in [2.45, 2.75) is 32.6 Å². The van der Waals surface area contributed by atoms with Crippen LogP contribution >= 0.6 is 0 Å². The van der Waals surface area contributed by atoms with Crippen molar-refractivity contribution in [2.75, 3.05) is 26.0 Å². The van der Waals surface area contributed by atoms with E-state index in [-0.39, 0.29) is 0 Å². The Morgan fingerprint density at radius 1 is 1.29 bits per heavy atom. The molecule has 0 saturated heterocycles. The number of H-pyrrole nitrogens is 1. The van der Waals surface area contributed by atoms with Gasteiger partial charge in [-0.25, -0.2) is 15.0 Å². The summed E-state index contributed by atoms with van der Waals surface area (Å²) in [5.74, 6) is 1.35. The predicted molar refractivity (Wildman–Crippen MR) is 82.9 cm³/mol. The first-order chi connectivity index (χ1) is 10.1. The number of nitrogens with one attached hydrogen (secondary N) is 2. The minimum Gasteiger partial charge on any atom is -0.328 e. The van der Waals surface area contributed by atoms with Crippen LogP contribution in [-0.4, -0.2) is 45.5 Å². The molecule has 6 heteroatoms. The van der Waals surface area contributed by atoms with Crippen LogP contribution in [0.1, 0.15) is 29.1 Å². The number of aromatic amines is 1. The molecule has 3 rings (SSSR count). The highest BCUT2D eigenvalue weighted by atomic mass is 15.2. The van der Waals surface area contributed by atoms with Gasteiger partial charge >= 0.3 is 0 Å². The van der Waals surface area contributed by atoms with E-state index in [4.69, 9.17) is 0 Å². The molecule has 21 heavy (non-hydrogen) atoms. The summed E-state index contributed by atoms with van der Waals surface area (Å²) in [5.41, 5.74) is 4.71. The van der Waals surface area contributed by atoms with Crippen LogP contribution in [0, 0.1) is 6.92 Å². The van der Waals surface area contributed by atoms with Gasteiger partial charge in [-0.3, -0.25) is 5.32 Å². The Kier molecular flexibility index (Phi) is 3.88. The number of anilines is 2. The Morgan fingerprint density at radius 2 is 2.14 bits per heavy atom. The maximum Gasteiger partial charge on any atom is 0.230 e. The molecule has 1 aliphatic carbocycles. The number of rotatable bonds is 5. The first-order valence-corrected chi connectivity index (χ1v) is 7.44. The molecule has 0 atom stereocenters. The highest BCUT2D eigenvalue weighted by Crippen LogP contribution is 2.24. The molecule has 112 valence electrons. The quantitative estimate of drug-likeness (QED) is 0.878. The molecule has 1 aliphatic rings. The van der Waals surface area contributed by atoms with Gasteiger partial charge in [-0.15, -0.1) is 0 Å². The SMILES string of the molecule is Cc1nc(Nc2ncc(CCN(C)C)[nH]2)nc2c1CCC2. The second kappa shape index (κ2) is 5.81. The van der Waals surface area contributed by atoms with Gasteiger partial charge in [-0.1, -0.05) is 0 Å². The molecule has 6 nitrogen and oxygen atoms in total. The lowest BCUT2D eigenvalue weighted by molar-refractivity contribution is 0.412. The summed E-state index contributed by atoms with van der Waals surface area (Å²) in [4.78, 5) is 18.9. The fraction of sp³-hybridized carbons (Fsp3) is 0.533. The van der Waals surface area contributed by atoms with Gasteiger partial charge in [0.05, 0.1) is 6.20 Å². The van der Waals surface area contributed by atoms with E-state index in [0.29, 0.717) is 11.9 Å². The summed E-state index contributed by atoms with van der Waals surface area (Å²) in [6.45, 7) is 3.05. The Balaban J connectivity index is 1.71. The van der Waals surface area contributed by atoms with Crippen molar-refractivity contribution >= 4 is 11.9 Å². The number of aromatic nitrogens is 4. The Hall–Kier alpha value is -1.95. The average molecular weight is 286 g/mol. The lowest BCUT2D eigenvalue weighted by atomic mass is 10.2. The van der Waals surface area contributed by atoms with Crippen LogP contribution in [0.5, 0.6) is 0 Å². The van der Waals surface area contributed by atoms with Crippen molar-refractivity contribution in [3.8, 4) is 0 Å². The van der Waals surface area contributed by atoms with E-state index in [1.807, 2.05) is 6.20 Å². The van der Waals surface area contributed by atoms with Crippen LogP contribution in [0.3, 0.4) is 0 Å². The van der Waals surface area contributed by atoms with Crippen LogP contribution in [0.4, 0.5) is 11.9 Å². The zero-order valence-corrected chi connectivity index (χ0v) is 12.9. The first-order valence-electron chi connectivity index (χ1n) is 7.44. The molecular weight excluding hydrogens is 264 g/mol. The van der Waals surface area contributed by atoms with Crippen LogP contribution in [0.15, 0.2) is 6.20 Å². The average Bonchev–Trinajstić information content (AvgIpc) is 3.05. The Bertz CT molecular complexity index is 631. The molecule has 0 unspecified atom stereocenters. The number of aryl methyl sites for hydroxylation is 2. The monoisotopic (exact) mass is 286 g/mol. The van der Waals surface area contributed by atoms with Crippen molar-refractivity contribution < 1.29 is 0 Å². The lowest BCUT2D eigenvalue weighted by Crippen LogP contribution is -2.15. The van der Waals surface area contributed by atoms with Crippen LogP contribution in [0.2, 0.25) is 0 Å². The molecule has 0 aromatic carbocycles. The standard InChI is InChI=1S/C15H22N6/c1-10-12-5-4-6-13(12)19-15(17-10)20-14-16-9-11(18-14)7-8-21(2)3/h9H,4-8H2,1-3H3,(H2,16,17,18,19,20). The van der Waals surface area contributed by atoms with Gasteiger partial charge in [0, 0.05) is 30.0 Å². The second-order valence-electron chi connectivity index (χ2n) is 5.85. The van der Waals surface area contributed by atoms with Gasteiger partial charge in [0.25, 0.3) is 0 Å². The van der Waals surface area contributed by atoms with E-state index < -0.39 is 0 Å². The van der Waals surface area contributed by atoms with Gasteiger partial charge in [0.2, 0.25) is 11.9 Å². The van der Waals surface area contributed by atoms with E-state index in [1.165, 1.54) is 17.7 Å². The molecule has 0 saturated carbocycles. The van der Waals surface area contributed by atoms with Crippen molar-refractivity contribution in [1.29, 1.82) is 0 Å². The van der Waals surface area contributed by atoms with Crippen molar-refractivity contribution in [2.24, 2.45) is 0 Å². The van der Waals surface area contributed by atoms with E-state index in [2.05, 4.69) is 51.2 Å². The lowest BCUT2D eigenvalue weighted by Gasteiger charge is -2.08. The summed E-state index contributed by atoms with van der Waals surface area (Å²) in [6.07, 6.45) is 6.16. The molecule has 0 fully saturated rings. The van der Waals surface area contributed by atoms with Gasteiger partial charge in [-0.2, -0.15) is 0 Å². The second-order valence-corrected chi connectivity index (χ2v) is 5.85. The number of nitrogens with zero attached hydrogens (tertiary/aromatic N) is 4. The molecule has 0 amide bonds. The maximum atomic E-state index is 4.60. The Labute approximate surface area is 125 Å². The maximum absolute atomic E-state index is 4.60. The first kappa shape index (κ1) is 14.0. The summed E-state index contributed by atoms with van der Waals surface area (Å²) in [7, 11) is 4.13. The largest absolute Gasteiger partial charge is 0.328 e. The number of hydrogen-bond donors (Lipinski definition) is 2. The molecule has 0 bridgehead atoms.